The molecule has 1 heteroatoms. The van der Waals surface area contributed by atoms with Crippen molar-refractivity contribution in [2.45, 2.75) is 19.3 Å². The van der Waals surface area contributed by atoms with E-state index in [1.54, 1.807) is 0 Å². The first-order valence-corrected chi connectivity index (χ1v) is 3.39. The van der Waals surface area contributed by atoms with Crippen LogP contribution in [0.15, 0.2) is 12.2 Å². The van der Waals surface area contributed by atoms with Crippen molar-refractivity contribution in [2.24, 2.45) is 5.92 Å². The fraction of sp³-hybridized carbons (Fsp3) is 0.444. The number of ketones is 1. The maximum absolute atomic E-state index is 10.8. The van der Waals surface area contributed by atoms with Crippen molar-refractivity contribution in [1.29, 1.82) is 0 Å². The number of carbonyl (C=O) groups excluding carboxylic acids is 1. The summed E-state index contributed by atoms with van der Waals surface area (Å²) < 4.78 is 0. The maximum atomic E-state index is 10.8. The van der Waals surface area contributed by atoms with Crippen molar-refractivity contribution in [3.63, 3.8) is 0 Å². The Labute approximate surface area is 61.1 Å². The van der Waals surface area contributed by atoms with Gasteiger partial charge in [-0.05, 0) is 6.42 Å². The molecule has 1 nitrogen and oxygen atoms in total. The predicted molar refractivity (Wildman–Crippen MR) is 40.3 cm³/mol. The molecule has 1 rings (SSSR count). The van der Waals surface area contributed by atoms with Crippen molar-refractivity contribution < 1.29 is 4.79 Å². The Morgan fingerprint density at radius 2 is 2.30 bits per heavy atom. The molecule has 0 N–H and O–H groups in total. The van der Waals surface area contributed by atoms with E-state index in [2.05, 4.69) is 12.5 Å². The standard InChI is InChI=1S/C9H10O/c1-3-8-6-9(10)5-4-7(8)2/h1,8H,2,4-6H2. The number of rotatable bonds is 0. The monoisotopic (exact) mass is 134 g/mol. The van der Waals surface area contributed by atoms with Crippen LogP contribution >= 0.6 is 0 Å². The van der Waals surface area contributed by atoms with E-state index in [9.17, 15) is 4.79 Å². The quantitative estimate of drug-likeness (QED) is 0.363. The van der Waals surface area contributed by atoms with Gasteiger partial charge >= 0.3 is 0 Å². The Kier molecular flexibility index (Phi) is 1.91. The van der Waals surface area contributed by atoms with Gasteiger partial charge in [-0.15, -0.1) is 6.42 Å². The smallest absolute Gasteiger partial charge is 0.134 e. The summed E-state index contributed by atoms with van der Waals surface area (Å²) in [5.41, 5.74) is 1.04. The molecule has 0 amide bonds. The Morgan fingerprint density at radius 1 is 1.60 bits per heavy atom. The van der Waals surface area contributed by atoms with Crippen molar-refractivity contribution in [3.8, 4) is 12.3 Å². The largest absolute Gasteiger partial charge is 0.300 e. The molecule has 10 heavy (non-hydrogen) atoms. The minimum Gasteiger partial charge on any atom is -0.300 e. The van der Waals surface area contributed by atoms with Gasteiger partial charge in [0, 0.05) is 18.8 Å². The number of allylic oxidation sites excluding steroid dienone is 1. The molecule has 0 bridgehead atoms. The first-order chi connectivity index (χ1) is 4.74. The van der Waals surface area contributed by atoms with Crippen molar-refractivity contribution in [3.05, 3.63) is 12.2 Å². The van der Waals surface area contributed by atoms with E-state index in [0.29, 0.717) is 12.8 Å². The van der Waals surface area contributed by atoms with Gasteiger partial charge in [0.25, 0.3) is 0 Å². The van der Waals surface area contributed by atoms with Gasteiger partial charge in [0.2, 0.25) is 0 Å². The average molecular weight is 134 g/mol. The van der Waals surface area contributed by atoms with Crippen LogP contribution in [0.2, 0.25) is 0 Å². The van der Waals surface area contributed by atoms with Crippen LogP contribution in [-0.4, -0.2) is 5.78 Å². The van der Waals surface area contributed by atoms with Crippen LogP contribution < -0.4 is 0 Å². The van der Waals surface area contributed by atoms with E-state index >= 15 is 0 Å². The molecular weight excluding hydrogens is 124 g/mol. The lowest BCUT2D eigenvalue weighted by Crippen LogP contribution is -2.15. The summed E-state index contributed by atoms with van der Waals surface area (Å²) in [6, 6.07) is 0. The van der Waals surface area contributed by atoms with Crippen LogP contribution in [0.4, 0.5) is 0 Å². The van der Waals surface area contributed by atoms with Crippen LogP contribution in [0.5, 0.6) is 0 Å². The molecule has 1 fully saturated rings. The zero-order valence-electron chi connectivity index (χ0n) is 5.89. The molecule has 0 saturated heterocycles. The van der Waals surface area contributed by atoms with Gasteiger partial charge in [-0.1, -0.05) is 18.1 Å². The second kappa shape index (κ2) is 2.70. The highest BCUT2D eigenvalue weighted by Gasteiger charge is 2.20. The van der Waals surface area contributed by atoms with Gasteiger partial charge in [0.15, 0.2) is 0 Å². The molecule has 0 aromatic heterocycles. The van der Waals surface area contributed by atoms with Gasteiger partial charge in [-0.2, -0.15) is 0 Å². The zero-order chi connectivity index (χ0) is 7.56. The molecule has 0 spiro atoms. The van der Waals surface area contributed by atoms with Crippen LogP contribution in [-0.2, 0) is 4.79 Å². The van der Waals surface area contributed by atoms with E-state index in [0.717, 1.165) is 12.0 Å². The van der Waals surface area contributed by atoms with Crippen molar-refractivity contribution in [2.75, 3.05) is 0 Å². The van der Waals surface area contributed by atoms with E-state index < -0.39 is 0 Å². The molecule has 0 aromatic carbocycles. The van der Waals surface area contributed by atoms with Gasteiger partial charge in [0.1, 0.15) is 5.78 Å². The van der Waals surface area contributed by atoms with Gasteiger partial charge < -0.3 is 0 Å². The van der Waals surface area contributed by atoms with E-state index in [4.69, 9.17) is 6.42 Å². The Morgan fingerprint density at radius 3 is 2.80 bits per heavy atom. The number of carbonyl (C=O) groups is 1. The third-order valence-corrected chi connectivity index (χ3v) is 1.85. The molecule has 0 aliphatic heterocycles. The molecule has 0 radical (unpaired) electrons. The molecule has 1 aliphatic carbocycles. The number of Topliss-reactive ketones (excluding diaryl/α,β-unsaturated/α-hetero) is 1. The second-order valence-electron chi connectivity index (χ2n) is 2.62. The number of terminal acetylenes is 1. The summed E-state index contributed by atoms with van der Waals surface area (Å²) in [4.78, 5) is 10.8. The zero-order valence-corrected chi connectivity index (χ0v) is 5.89. The topological polar surface area (TPSA) is 17.1 Å². The van der Waals surface area contributed by atoms with E-state index in [-0.39, 0.29) is 11.7 Å². The van der Waals surface area contributed by atoms with Crippen molar-refractivity contribution >= 4 is 5.78 Å². The highest BCUT2D eigenvalue weighted by atomic mass is 16.1. The normalized spacial score (nSPS) is 26.1. The maximum Gasteiger partial charge on any atom is 0.134 e. The summed E-state index contributed by atoms with van der Waals surface area (Å²) in [5.74, 6) is 2.85. The molecule has 52 valence electrons. The lowest BCUT2D eigenvalue weighted by atomic mass is 9.85. The Hall–Kier alpha value is -1.03. The first-order valence-electron chi connectivity index (χ1n) is 3.39. The summed E-state index contributed by atoms with van der Waals surface area (Å²) in [6.45, 7) is 3.81. The molecular formula is C9H10O. The van der Waals surface area contributed by atoms with E-state index in [1.807, 2.05) is 0 Å². The van der Waals surface area contributed by atoms with Crippen LogP contribution in [0.3, 0.4) is 0 Å². The highest BCUT2D eigenvalue weighted by molar-refractivity contribution is 5.81. The lowest BCUT2D eigenvalue weighted by Gasteiger charge is -2.17. The van der Waals surface area contributed by atoms with E-state index in [1.165, 1.54) is 0 Å². The molecule has 1 aliphatic rings. The molecule has 1 unspecified atom stereocenters. The average Bonchev–Trinajstić information content (AvgIpc) is 1.94. The van der Waals surface area contributed by atoms with Crippen LogP contribution in [0.1, 0.15) is 19.3 Å². The molecule has 0 aromatic rings. The molecule has 1 atom stereocenters. The lowest BCUT2D eigenvalue weighted by molar-refractivity contribution is -0.120. The minimum atomic E-state index is 0.0150. The Bertz CT molecular complexity index is 207. The van der Waals surface area contributed by atoms with Crippen LogP contribution in [0.25, 0.3) is 0 Å². The minimum absolute atomic E-state index is 0.0150. The SMILES string of the molecule is C#CC1CC(=O)CCC1=C. The third-order valence-electron chi connectivity index (χ3n) is 1.85. The van der Waals surface area contributed by atoms with Crippen LogP contribution in [0, 0.1) is 18.3 Å². The molecule has 1 saturated carbocycles. The first kappa shape index (κ1) is 7.08. The second-order valence-corrected chi connectivity index (χ2v) is 2.62. The summed E-state index contributed by atoms with van der Waals surface area (Å²) in [7, 11) is 0. The van der Waals surface area contributed by atoms with Gasteiger partial charge in [-0.25, -0.2) is 0 Å². The van der Waals surface area contributed by atoms with Gasteiger partial charge in [0.05, 0.1) is 0 Å². The molecule has 0 heterocycles. The fourth-order valence-electron chi connectivity index (χ4n) is 1.13. The summed E-state index contributed by atoms with van der Waals surface area (Å²) in [6.07, 6.45) is 7.12. The summed E-state index contributed by atoms with van der Waals surface area (Å²) in [5, 5.41) is 0. The Balaban J connectivity index is 2.64. The third kappa shape index (κ3) is 1.27. The number of hydrogen-bond donors (Lipinski definition) is 0. The fourth-order valence-corrected chi connectivity index (χ4v) is 1.13. The van der Waals surface area contributed by atoms with Crippen molar-refractivity contribution in [1.82, 2.24) is 0 Å². The number of hydrogen-bond acceptors (Lipinski definition) is 1. The highest BCUT2D eigenvalue weighted by Crippen LogP contribution is 2.24. The predicted octanol–water partition coefficient (Wildman–Crippen LogP) is 1.54. The van der Waals surface area contributed by atoms with Gasteiger partial charge in [-0.3, -0.25) is 4.79 Å². The summed E-state index contributed by atoms with van der Waals surface area (Å²) >= 11 is 0.